The summed E-state index contributed by atoms with van der Waals surface area (Å²) in [6.45, 7) is 6.39. The van der Waals surface area contributed by atoms with E-state index in [9.17, 15) is 4.79 Å². The number of hydrogen-bond acceptors (Lipinski definition) is 3. The number of nitrogens with one attached hydrogen (secondary N) is 1. The van der Waals surface area contributed by atoms with Crippen molar-refractivity contribution in [2.75, 3.05) is 7.11 Å². The SMILES string of the molecule is CO[C@]1(C)C[C@H](NC(=O)CCc2ccccn2)C1(C)C. The first-order valence-corrected chi connectivity index (χ1v) is 7.13. The highest BCUT2D eigenvalue weighted by Crippen LogP contribution is 2.51. The summed E-state index contributed by atoms with van der Waals surface area (Å²) >= 11 is 0. The first-order valence-electron chi connectivity index (χ1n) is 7.13. The van der Waals surface area contributed by atoms with Gasteiger partial charge in [-0.2, -0.15) is 0 Å². The highest BCUT2D eigenvalue weighted by molar-refractivity contribution is 5.76. The molecule has 0 saturated heterocycles. The van der Waals surface area contributed by atoms with Crippen molar-refractivity contribution < 1.29 is 9.53 Å². The van der Waals surface area contributed by atoms with Crippen LogP contribution in [0, 0.1) is 5.41 Å². The van der Waals surface area contributed by atoms with Crippen LogP contribution in [-0.2, 0) is 16.0 Å². The van der Waals surface area contributed by atoms with E-state index in [1.807, 2.05) is 18.2 Å². The standard InChI is InChI=1S/C16H24N2O2/c1-15(2)13(11-16(15,3)20-4)18-14(19)9-8-12-7-5-6-10-17-12/h5-7,10,13H,8-9,11H2,1-4H3,(H,18,19)/t13-,16+/m0/s1. The second-order valence-electron chi connectivity index (χ2n) is 6.30. The molecule has 0 unspecified atom stereocenters. The van der Waals surface area contributed by atoms with Crippen LogP contribution < -0.4 is 5.32 Å². The fourth-order valence-electron chi connectivity index (χ4n) is 2.78. The fourth-order valence-corrected chi connectivity index (χ4v) is 2.78. The molecule has 2 atom stereocenters. The molecular weight excluding hydrogens is 252 g/mol. The highest BCUT2D eigenvalue weighted by Gasteiger charge is 2.58. The number of aryl methyl sites for hydroxylation is 1. The molecule has 4 nitrogen and oxygen atoms in total. The van der Waals surface area contributed by atoms with Crippen LogP contribution in [-0.4, -0.2) is 29.6 Å². The highest BCUT2D eigenvalue weighted by atomic mass is 16.5. The maximum atomic E-state index is 12.0. The van der Waals surface area contributed by atoms with Crippen molar-refractivity contribution in [1.82, 2.24) is 10.3 Å². The summed E-state index contributed by atoms with van der Waals surface area (Å²) in [6, 6.07) is 5.96. The molecule has 1 saturated carbocycles. The molecule has 1 amide bonds. The van der Waals surface area contributed by atoms with Gasteiger partial charge in [0.15, 0.2) is 0 Å². The van der Waals surface area contributed by atoms with Crippen LogP contribution >= 0.6 is 0 Å². The molecule has 1 N–H and O–H groups in total. The van der Waals surface area contributed by atoms with E-state index in [0.717, 1.165) is 12.1 Å². The van der Waals surface area contributed by atoms with Crippen LogP contribution in [0.2, 0.25) is 0 Å². The molecule has 1 fully saturated rings. The van der Waals surface area contributed by atoms with Crippen molar-refractivity contribution in [3.8, 4) is 0 Å². The predicted octanol–water partition coefficient (Wildman–Crippen LogP) is 2.33. The quantitative estimate of drug-likeness (QED) is 0.898. The van der Waals surface area contributed by atoms with Crippen molar-refractivity contribution in [1.29, 1.82) is 0 Å². The first kappa shape index (κ1) is 15.0. The average Bonchev–Trinajstić information content (AvgIpc) is 2.45. The summed E-state index contributed by atoms with van der Waals surface area (Å²) in [5.74, 6) is 0.0897. The Kier molecular flexibility index (Phi) is 4.14. The van der Waals surface area contributed by atoms with Crippen LogP contribution in [0.3, 0.4) is 0 Å². The molecule has 0 aromatic carbocycles. The minimum atomic E-state index is -0.147. The lowest BCUT2D eigenvalue weighted by Crippen LogP contribution is -2.68. The summed E-state index contributed by atoms with van der Waals surface area (Å²) in [5, 5.41) is 3.12. The maximum absolute atomic E-state index is 12.0. The summed E-state index contributed by atoms with van der Waals surface area (Å²) in [7, 11) is 1.74. The van der Waals surface area contributed by atoms with Gasteiger partial charge in [0.1, 0.15) is 0 Å². The number of amides is 1. The van der Waals surface area contributed by atoms with E-state index < -0.39 is 0 Å². The van der Waals surface area contributed by atoms with Crippen LogP contribution in [0.1, 0.15) is 39.3 Å². The Balaban J connectivity index is 1.82. The van der Waals surface area contributed by atoms with Gasteiger partial charge < -0.3 is 10.1 Å². The Morgan fingerprint density at radius 1 is 1.45 bits per heavy atom. The summed E-state index contributed by atoms with van der Waals surface area (Å²) < 4.78 is 5.57. The molecule has 1 aliphatic rings. The first-order chi connectivity index (χ1) is 9.39. The molecule has 1 aromatic heterocycles. The fraction of sp³-hybridized carbons (Fsp3) is 0.625. The number of carbonyl (C=O) groups is 1. The number of carbonyl (C=O) groups excluding carboxylic acids is 1. The molecule has 1 heterocycles. The summed E-state index contributed by atoms with van der Waals surface area (Å²) in [5.41, 5.74) is 0.770. The predicted molar refractivity (Wildman–Crippen MR) is 78.3 cm³/mol. The Bertz CT molecular complexity index is 473. The van der Waals surface area contributed by atoms with Gasteiger partial charge in [-0.25, -0.2) is 0 Å². The zero-order valence-corrected chi connectivity index (χ0v) is 12.8. The van der Waals surface area contributed by atoms with Crippen LogP contribution in [0.25, 0.3) is 0 Å². The average molecular weight is 276 g/mol. The normalized spacial score (nSPS) is 27.7. The molecule has 0 spiro atoms. The third-order valence-corrected chi connectivity index (χ3v) is 4.95. The van der Waals surface area contributed by atoms with E-state index in [0.29, 0.717) is 12.8 Å². The van der Waals surface area contributed by atoms with E-state index >= 15 is 0 Å². The van der Waals surface area contributed by atoms with Gasteiger partial charge >= 0.3 is 0 Å². The van der Waals surface area contributed by atoms with Crippen molar-refractivity contribution >= 4 is 5.91 Å². The maximum Gasteiger partial charge on any atom is 0.220 e. The Labute approximate surface area is 120 Å². The number of hydrogen-bond donors (Lipinski definition) is 1. The zero-order valence-electron chi connectivity index (χ0n) is 12.8. The third-order valence-electron chi connectivity index (χ3n) is 4.95. The topological polar surface area (TPSA) is 51.2 Å². The molecule has 1 aliphatic carbocycles. The lowest BCUT2D eigenvalue weighted by molar-refractivity contribution is -0.182. The van der Waals surface area contributed by atoms with Gasteiger partial charge in [-0.3, -0.25) is 9.78 Å². The monoisotopic (exact) mass is 276 g/mol. The van der Waals surface area contributed by atoms with E-state index in [1.54, 1.807) is 13.3 Å². The molecule has 110 valence electrons. The number of nitrogens with zero attached hydrogens (tertiary/aromatic N) is 1. The lowest BCUT2D eigenvalue weighted by Gasteiger charge is -2.59. The lowest BCUT2D eigenvalue weighted by atomic mass is 9.56. The third kappa shape index (κ3) is 2.70. The Hall–Kier alpha value is -1.42. The molecule has 0 aliphatic heterocycles. The van der Waals surface area contributed by atoms with E-state index in [-0.39, 0.29) is 23.0 Å². The molecule has 20 heavy (non-hydrogen) atoms. The second-order valence-corrected chi connectivity index (χ2v) is 6.30. The van der Waals surface area contributed by atoms with Gasteiger partial charge in [0, 0.05) is 36.9 Å². The molecule has 0 bridgehead atoms. The van der Waals surface area contributed by atoms with Gasteiger partial charge in [0.05, 0.1) is 5.60 Å². The van der Waals surface area contributed by atoms with Gasteiger partial charge in [-0.15, -0.1) is 0 Å². The summed E-state index contributed by atoms with van der Waals surface area (Å²) in [6.07, 6.45) is 3.78. The Morgan fingerprint density at radius 2 is 2.20 bits per heavy atom. The molecule has 4 heteroatoms. The number of aromatic nitrogens is 1. The zero-order chi connectivity index (χ0) is 14.8. The van der Waals surface area contributed by atoms with Crippen LogP contribution in [0.5, 0.6) is 0 Å². The van der Waals surface area contributed by atoms with Crippen molar-refractivity contribution in [3.05, 3.63) is 30.1 Å². The minimum Gasteiger partial charge on any atom is -0.378 e. The van der Waals surface area contributed by atoms with Crippen molar-refractivity contribution in [2.24, 2.45) is 5.41 Å². The van der Waals surface area contributed by atoms with Gasteiger partial charge in [-0.05, 0) is 31.9 Å². The second kappa shape index (κ2) is 5.52. The molecule has 0 radical (unpaired) electrons. The van der Waals surface area contributed by atoms with E-state index in [1.165, 1.54) is 0 Å². The largest absolute Gasteiger partial charge is 0.378 e. The summed E-state index contributed by atoms with van der Waals surface area (Å²) in [4.78, 5) is 16.3. The van der Waals surface area contributed by atoms with Crippen molar-refractivity contribution in [2.45, 2.75) is 51.7 Å². The minimum absolute atomic E-state index is 0.0393. The van der Waals surface area contributed by atoms with Crippen molar-refractivity contribution in [3.63, 3.8) is 0 Å². The van der Waals surface area contributed by atoms with Crippen LogP contribution in [0.15, 0.2) is 24.4 Å². The van der Waals surface area contributed by atoms with Gasteiger partial charge in [-0.1, -0.05) is 19.9 Å². The van der Waals surface area contributed by atoms with Gasteiger partial charge in [0.2, 0.25) is 5.91 Å². The van der Waals surface area contributed by atoms with E-state index in [2.05, 4.69) is 31.1 Å². The number of ether oxygens (including phenoxy) is 1. The number of methoxy groups -OCH3 is 1. The van der Waals surface area contributed by atoms with Crippen LogP contribution in [0.4, 0.5) is 0 Å². The molecule has 2 rings (SSSR count). The smallest absolute Gasteiger partial charge is 0.220 e. The Morgan fingerprint density at radius 3 is 2.75 bits per heavy atom. The molecular formula is C16H24N2O2. The van der Waals surface area contributed by atoms with E-state index in [4.69, 9.17) is 4.74 Å². The number of pyridine rings is 1. The van der Waals surface area contributed by atoms with Gasteiger partial charge in [0.25, 0.3) is 0 Å². The number of rotatable bonds is 5. The molecule has 1 aromatic rings.